The molecule has 2 heterocycles. The number of hydrogen-bond acceptors (Lipinski definition) is 3. The molecule has 0 unspecified atom stereocenters. The van der Waals surface area contributed by atoms with Crippen LogP contribution in [0, 0.1) is 0 Å². The highest BCUT2D eigenvalue weighted by Crippen LogP contribution is 2.21. The van der Waals surface area contributed by atoms with Crippen LogP contribution in [-0.2, 0) is 0 Å². The highest BCUT2D eigenvalue weighted by molar-refractivity contribution is 5.57. The molecule has 0 fully saturated rings. The van der Waals surface area contributed by atoms with Crippen molar-refractivity contribution in [1.29, 1.82) is 0 Å². The third-order valence-electron chi connectivity index (χ3n) is 2.18. The summed E-state index contributed by atoms with van der Waals surface area (Å²) < 4.78 is 40.6. The number of rotatable bonds is 4. The number of halogens is 3. The maximum atomic E-state index is 11.9. The van der Waals surface area contributed by atoms with Gasteiger partial charge in [0.05, 0.1) is 18.7 Å². The summed E-state index contributed by atoms with van der Waals surface area (Å²) >= 11 is 0. The van der Waals surface area contributed by atoms with Crippen LogP contribution in [0.3, 0.4) is 0 Å². The van der Waals surface area contributed by atoms with Gasteiger partial charge in [-0.2, -0.15) is 18.3 Å². The van der Waals surface area contributed by atoms with Crippen molar-refractivity contribution in [3.8, 4) is 17.1 Å². The Morgan fingerprint density at radius 2 is 2.06 bits per heavy atom. The van der Waals surface area contributed by atoms with Gasteiger partial charge in [0.15, 0.2) is 0 Å². The van der Waals surface area contributed by atoms with Gasteiger partial charge in [0, 0.05) is 24.0 Å². The molecule has 0 aromatic carbocycles. The van der Waals surface area contributed by atoms with Crippen molar-refractivity contribution < 1.29 is 17.9 Å². The number of aromatic amines is 1. The van der Waals surface area contributed by atoms with Crippen molar-refractivity contribution in [3.05, 3.63) is 30.6 Å². The van der Waals surface area contributed by atoms with Gasteiger partial charge in [-0.1, -0.05) is 0 Å². The number of nitrogens with zero attached hydrogens (tertiary/aromatic N) is 2. The van der Waals surface area contributed by atoms with E-state index in [0.29, 0.717) is 0 Å². The fraction of sp³-hybridized carbons (Fsp3) is 0.273. The first-order valence-corrected chi connectivity index (χ1v) is 5.20. The van der Waals surface area contributed by atoms with E-state index >= 15 is 0 Å². The van der Waals surface area contributed by atoms with Crippen LogP contribution >= 0.6 is 0 Å². The van der Waals surface area contributed by atoms with Crippen molar-refractivity contribution in [2.75, 3.05) is 6.61 Å². The molecular formula is C11H10F3N3O. The molecule has 2 aromatic heterocycles. The molecule has 0 atom stereocenters. The van der Waals surface area contributed by atoms with E-state index in [1.54, 1.807) is 18.3 Å². The van der Waals surface area contributed by atoms with Crippen LogP contribution in [-0.4, -0.2) is 28.0 Å². The van der Waals surface area contributed by atoms with Gasteiger partial charge >= 0.3 is 6.18 Å². The smallest absolute Gasteiger partial charge is 0.392 e. The fourth-order valence-electron chi connectivity index (χ4n) is 1.31. The normalized spacial score (nSPS) is 11.5. The van der Waals surface area contributed by atoms with Crippen LogP contribution < -0.4 is 4.74 Å². The van der Waals surface area contributed by atoms with Gasteiger partial charge in [-0.05, 0) is 12.1 Å². The first kappa shape index (κ1) is 12.4. The Hall–Kier alpha value is -2.05. The lowest BCUT2D eigenvalue weighted by Crippen LogP contribution is -2.13. The molecular weight excluding hydrogens is 247 g/mol. The summed E-state index contributed by atoms with van der Waals surface area (Å²) in [4.78, 5) is 3.92. The van der Waals surface area contributed by atoms with Crippen LogP contribution in [0.4, 0.5) is 13.2 Å². The highest BCUT2D eigenvalue weighted by Gasteiger charge is 2.26. The van der Waals surface area contributed by atoms with E-state index in [1.165, 1.54) is 12.3 Å². The SMILES string of the molecule is FC(F)(F)CCOc1ccc(-c2ccn[nH]2)cn1. The second-order valence-corrected chi connectivity index (χ2v) is 3.57. The molecule has 0 aliphatic heterocycles. The first-order chi connectivity index (χ1) is 8.54. The predicted molar refractivity (Wildman–Crippen MR) is 58.0 cm³/mol. The molecule has 2 aromatic rings. The Morgan fingerprint density at radius 1 is 1.22 bits per heavy atom. The van der Waals surface area contributed by atoms with Crippen molar-refractivity contribution in [1.82, 2.24) is 15.2 Å². The third kappa shape index (κ3) is 3.47. The topological polar surface area (TPSA) is 50.8 Å². The summed E-state index contributed by atoms with van der Waals surface area (Å²) in [6.45, 7) is -0.431. The standard InChI is InChI=1S/C11H10F3N3O/c12-11(13,14)4-6-18-10-2-1-8(7-15-10)9-3-5-16-17-9/h1-3,5,7H,4,6H2,(H,16,17). The number of ether oxygens (including phenoxy) is 1. The Bertz CT molecular complexity index is 479. The van der Waals surface area contributed by atoms with E-state index in [4.69, 9.17) is 4.74 Å². The highest BCUT2D eigenvalue weighted by atomic mass is 19.4. The number of nitrogens with one attached hydrogen (secondary N) is 1. The predicted octanol–water partition coefficient (Wildman–Crippen LogP) is 2.80. The molecule has 0 bridgehead atoms. The summed E-state index contributed by atoms with van der Waals surface area (Å²) in [5.41, 5.74) is 1.57. The minimum Gasteiger partial charge on any atom is -0.477 e. The molecule has 1 N–H and O–H groups in total. The molecule has 0 aliphatic rings. The van der Waals surface area contributed by atoms with E-state index in [0.717, 1.165) is 11.3 Å². The largest absolute Gasteiger partial charge is 0.477 e. The van der Waals surface area contributed by atoms with Crippen LogP contribution in [0.25, 0.3) is 11.3 Å². The van der Waals surface area contributed by atoms with Gasteiger partial charge in [-0.3, -0.25) is 5.10 Å². The summed E-state index contributed by atoms with van der Waals surface area (Å²) in [5.74, 6) is 0.169. The van der Waals surface area contributed by atoms with E-state index in [2.05, 4.69) is 15.2 Å². The molecule has 7 heteroatoms. The van der Waals surface area contributed by atoms with Gasteiger partial charge in [0.1, 0.15) is 0 Å². The van der Waals surface area contributed by atoms with Gasteiger partial charge < -0.3 is 4.74 Å². The molecule has 0 saturated heterocycles. The van der Waals surface area contributed by atoms with E-state index in [1.807, 2.05) is 0 Å². The van der Waals surface area contributed by atoms with Gasteiger partial charge in [-0.15, -0.1) is 0 Å². The number of hydrogen-bond donors (Lipinski definition) is 1. The molecule has 96 valence electrons. The monoisotopic (exact) mass is 257 g/mol. The lowest BCUT2D eigenvalue weighted by Gasteiger charge is -2.07. The van der Waals surface area contributed by atoms with Crippen molar-refractivity contribution in [2.45, 2.75) is 12.6 Å². The summed E-state index contributed by atoms with van der Waals surface area (Å²) in [6, 6.07) is 4.98. The van der Waals surface area contributed by atoms with E-state index < -0.39 is 19.2 Å². The van der Waals surface area contributed by atoms with E-state index in [-0.39, 0.29) is 5.88 Å². The van der Waals surface area contributed by atoms with Gasteiger partial charge in [-0.25, -0.2) is 4.98 Å². The minimum atomic E-state index is -4.21. The number of pyridine rings is 1. The zero-order chi connectivity index (χ0) is 13.0. The zero-order valence-electron chi connectivity index (χ0n) is 9.24. The maximum absolute atomic E-state index is 11.9. The Morgan fingerprint density at radius 3 is 2.61 bits per heavy atom. The lowest BCUT2D eigenvalue weighted by molar-refractivity contribution is -0.139. The number of alkyl halides is 3. The van der Waals surface area contributed by atoms with Crippen molar-refractivity contribution in [3.63, 3.8) is 0 Å². The summed E-state index contributed by atoms with van der Waals surface area (Å²) in [5, 5.41) is 6.54. The Labute approximate surface area is 101 Å². The van der Waals surface area contributed by atoms with Gasteiger partial charge in [0.2, 0.25) is 5.88 Å². The number of H-pyrrole nitrogens is 1. The lowest BCUT2D eigenvalue weighted by atomic mass is 10.2. The summed E-state index contributed by atoms with van der Waals surface area (Å²) in [7, 11) is 0. The van der Waals surface area contributed by atoms with Crippen LogP contribution in [0.15, 0.2) is 30.6 Å². The maximum Gasteiger partial charge on any atom is 0.392 e. The zero-order valence-corrected chi connectivity index (χ0v) is 9.24. The number of aromatic nitrogens is 3. The first-order valence-electron chi connectivity index (χ1n) is 5.20. The van der Waals surface area contributed by atoms with Crippen LogP contribution in [0.2, 0.25) is 0 Å². The molecule has 0 spiro atoms. The van der Waals surface area contributed by atoms with E-state index in [9.17, 15) is 13.2 Å². The van der Waals surface area contributed by atoms with Crippen molar-refractivity contribution >= 4 is 0 Å². The second-order valence-electron chi connectivity index (χ2n) is 3.57. The molecule has 0 radical (unpaired) electrons. The molecule has 4 nitrogen and oxygen atoms in total. The quantitative estimate of drug-likeness (QED) is 0.916. The van der Waals surface area contributed by atoms with Crippen LogP contribution in [0.5, 0.6) is 5.88 Å². The Kier molecular flexibility index (Phi) is 3.50. The third-order valence-corrected chi connectivity index (χ3v) is 2.18. The second kappa shape index (κ2) is 5.07. The molecule has 2 rings (SSSR count). The average molecular weight is 257 g/mol. The molecule has 0 saturated carbocycles. The molecule has 0 aliphatic carbocycles. The molecule has 0 amide bonds. The van der Waals surface area contributed by atoms with Crippen LogP contribution in [0.1, 0.15) is 6.42 Å². The van der Waals surface area contributed by atoms with Crippen molar-refractivity contribution in [2.24, 2.45) is 0 Å². The molecule has 18 heavy (non-hydrogen) atoms. The Balaban J connectivity index is 1.92. The van der Waals surface area contributed by atoms with Gasteiger partial charge in [0.25, 0.3) is 0 Å². The minimum absolute atomic E-state index is 0.169. The fourth-order valence-corrected chi connectivity index (χ4v) is 1.31. The summed E-state index contributed by atoms with van der Waals surface area (Å²) in [6.07, 6.45) is -2.09. The average Bonchev–Trinajstić information content (AvgIpc) is 2.82.